The van der Waals surface area contributed by atoms with E-state index < -0.39 is 16.8 Å². The van der Waals surface area contributed by atoms with Crippen LogP contribution in [0, 0.1) is 16.7 Å². The number of ether oxygens (including phenoxy) is 1. The summed E-state index contributed by atoms with van der Waals surface area (Å²) in [5, 5.41) is 9.92. The van der Waals surface area contributed by atoms with E-state index in [1.165, 1.54) is 18.2 Å². The summed E-state index contributed by atoms with van der Waals surface area (Å²) >= 11 is 0. The molecule has 4 nitrogen and oxygen atoms in total. The lowest BCUT2D eigenvalue weighted by molar-refractivity contribution is -0.173. The first-order valence-electron chi connectivity index (χ1n) is 9.56. The van der Waals surface area contributed by atoms with Crippen LogP contribution in [0.3, 0.4) is 0 Å². The van der Waals surface area contributed by atoms with Gasteiger partial charge in [-0.2, -0.15) is 0 Å². The van der Waals surface area contributed by atoms with Crippen LogP contribution in [-0.2, 0) is 20.7 Å². The van der Waals surface area contributed by atoms with E-state index in [9.17, 15) is 14.7 Å². The Bertz CT molecular complexity index is 666. The van der Waals surface area contributed by atoms with Crippen LogP contribution in [0.4, 0.5) is 0 Å². The lowest BCUT2D eigenvalue weighted by atomic mass is 9.54. The molecule has 1 aliphatic rings. The summed E-state index contributed by atoms with van der Waals surface area (Å²) in [6, 6.07) is 8.46. The van der Waals surface area contributed by atoms with Gasteiger partial charge in [-0.25, -0.2) is 0 Å². The number of carboxylic acid groups (broad SMARTS) is 1. The number of hydrogen-bond acceptors (Lipinski definition) is 3. The van der Waals surface area contributed by atoms with Gasteiger partial charge in [-0.3, -0.25) is 9.59 Å². The number of benzene rings is 1. The van der Waals surface area contributed by atoms with Gasteiger partial charge in [0, 0.05) is 0 Å². The fourth-order valence-corrected chi connectivity index (χ4v) is 4.66. The molecule has 0 aromatic heterocycles. The van der Waals surface area contributed by atoms with Crippen molar-refractivity contribution in [1.82, 2.24) is 0 Å². The van der Waals surface area contributed by atoms with Crippen LogP contribution >= 0.6 is 0 Å². The summed E-state index contributed by atoms with van der Waals surface area (Å²) in [6.45, 7) is 8.01. The summed E-state index contributed by atoms with van der Waals surface area (Å²) in [5.41, 5.74) is 0.816. The zero-order valence-electron chi connectivity index (χ0n) is 16.7. The summed E-state index contributed by atoms with van der Waals surface area (Å²) < 4.78 is 5.07. The second-order valence-corrected chi connectivity index (χ2v) is 8.48. The molecule has 1 N–H and O–H groups in total. The van der Waals surface area contributed by atoms with Crippen LogP contribution in [0.2, 0.25) is 0 Å². The highest BCUT2D eigenvalue weighted by Gasteiger charge is 2.56. The van der Waals surface area contributed by atoms with Crippen LogP contribution in [0.25, 0.3) is 0 Å². The summed E-state index contributed by atoms with van der Waals surface area (Å²) in [6.07, 6.45) is 3.44. The molecule has 1 saturated carbocycles. The normalized spacial score (nSPS) is 28.8. The van der Waals surface area contributed by atoms with Crippen molar-refractivity contribution in [2.45, 2.75) is 65.7 Å². The van der Waals surface area contributed by atoms with E-state index in [-0.39, 0.29) is 11.9 Å². The van der Waals surface area contributed by atoms with Crippen LogP contribution in [0.15, 0.2) is 24.3 Å². The fourth-order valence-electron chi connectivity index (χ4n) is 4.66. The highest BCUT2D eigenvalue weighted by Crippen LogP contribution is 2.54. The van der Waals surface area contributed by atoms with Gasteiger partial charge >= 0.3 is 11.9 Å². The van der Waals surface area contributed by atoms with Crippen LogP contribution in [-0.4, -0.2) is 24.2 Å². The third-order valence-corrected chi connectivity index (χ3v) is 6.41. The van der Waals surface area contributed by atoms with Gasteiger partial charge in [0.15, 0.2) is 0 Å². The summed E-state index contributed by atoms with van der Waals surface area (Å²) in [5.74, 6) is -0.899. The molecule has 1 aromatic carbocycles. The number of aliphatic carboxylic acids is 1. The van der Waals surface area contributed by atoms with Crippen molar-refractivity contribution >= 4 is 11.9 Å². The van der Waals surface area contributed by atoms with E-state index in [0.29, 0.717) is 25.2 Å². The predicted octanol–water partition coefficient (Wildman–Crippen LogP) is 4.81. The molecule has 1 aromatic rings. The topological polar surface area (TPSA) is 63.6 Å². The molecule has 1 fully saturated rings. The lowest BCUT2D eigenvalue weighted by Crippen LogP contribution is -2.52. The minimum atomic E-state index is -0.906. The number of rotatable bonds is 6. The van der Waals surface area contributed by atoms with E-state index in [1.807, 2.05) is 6.92 Å². The molecule has 0 aliphatic heterocycles. The Morgan fingerprint density at radius 1 is 1.23 bits per heavy atom. The molecule has 26 heavy (non-hydrogen) atoms. The minimum Gasteiger partial charge on any atom is -0.481 e. The standard InChI is InChI=1S/C22H32O4/c1-15(2)17-9-6-8-16(14-17)10-11-18-21(3,19(23)24)12-7-13-22(18,4)20(25)26-5/h6,8-9,14-15,18H,7,10-13H2,1-5H3,(H,23,24)/t18-,21+,22-/m1/s1. The molecule has 0 bridgehead atoms. The van der Waals surface area contributed by atoms with Crippen molar-refractivity contribution < 1.29 is 19.4 Å². The molecule has 0 heterocycles. The second kappa shape index (κ2) is 7.81. The van der Waals surface area contributed by atoms with Crippen molar-refractivity contribution in [3.05, 3.63) is 35.4 Å². The van der Waals surface area contributed by atoms with Gasteiger partial charge in [-0.05, 0) is 62.5 Å². The highest BCUT2D eigenvalue weighted by molar-refractivity contribution is 5.81. The van der Waals surface area contributed by atoms with E-state index in [1.54, 1.807) is 6.92 Å². The number of methoxy groups -OCH3 is 1. The Balaban J connectivity index is 2.31. The Morgan fingerprint density at radius 3 is 2.46 bits per heavy atom. The molecule has 4 heteroatoms. The summed E-state index contributed by atoms with van der Waals surface area (Å²) in [4.78, 5) is 24.6. The van der Waals surface area contributed by atoms with E-state index in [2.05, 4.69) is 38.1 Å². The highest BCUT2D eigenvalue weighted by atomic mass is 16.5. The molecule has 0 spiro atoms. The summed E-state index contributed by atoms with van der Waals surface area (Å²) in [7, 11) is 1.39. The number of carbonyl (C=O) groups is 2. The minimum absolute atomic E-state index is 0.253. The first kappa shape index (κ1) is 20.5. The van der Waals surface area contributed by atoms with Crippen LogP contribution in [0.1, 0.15) is 70.4 Å². The van der Waals surface area contributed by atoms with Gasteiger partial charge in [0.2, 0.25) is 0 Å². The Morgan fingerprint density at radius 2 is 1.88 bits per heavy atom. The van der Waals surface area contributed by atoms with Crippen LogP contribution in [0.5, 0.6) is 0 Å². The molecule has 0 amide bonds. The van der Waals surface area contributed by atoms with Crippen LogP contribution < -0.4 is 0 Å². The van der Waals surface area contributed by atoms with Crippen molar-refractivity contribution in [3.8, 4) is 0 Å². The number of carbonyl (C=O) groups excluding carboxylic acids is 1. The molecule has 3 atom stereocenters. The zero-order valence-corrected chi connectivity index (χ0v) is 16.7. The molecule has 0 saturated heterocycles. The van der Waals surface area contributed by atoms with Gasteiger partial charge < -0.3 is 9.84 Å². The average molecular weight is 360 g/mol. The van der Waals surface area contributed by atoms with E-state index in [0.717, 1.165) is 12.8 Å². The smallest absolute Gasteiger partial charge is 0.311 e. The molecule has 0 unspecified atom stereocenters. The van der Waals surface area contributed by atoms with Gasteiger partial charge in [0.25, 0.3) is 0 Å². The Kier molecular flexibility index (Phi) is 6.15. The lowest BCUT2D eigenvalue weighted by Gasteiger charge is -2.48. The number of esters is 1. The maximum atomic E-state index is 12.5. The maximum absolute atomic E-state index is 12.5. The SMILES string of the molecule is COC(=O)[C@]1(C)CCC[C@](C)(C(=O)O)[C@H]1CCc1cccc(C(C)C)c1. The monoisotopic (exact) mass is 360 g/mol. The maximum Gasteiger partial charge on any atom is 0.311 e. The molecule has 0 radical (unpaired) electrons. The second-order valence-electron chi connectivity index (χ2n) is 8.48. The largest absolute Gasteiger partial charge is 0.481 e. The van der Waals surface area contributed by atoms with Gasteiger partial charge in [-0.1, -0.05) is 44.5 Å². The molecule has 1 aliphatic carbocycles. The average Bonchev–Trinajstić information content (AvgIpc) is 2.60. The van der Waals surface area contributed by atoms with Gasteiger partial charge in [0.05, 0.1) is 17.9 Å². The number of carboxylic acids is 1. The molecule has 2 rings (SSSR count). The van der Waals surface area contributed by atoms with Crippen molar-refractivity contribution in [3.63, 3.8) is 0 Å². The molecule has 144 valence electrons. The van der Waals surface area contributed by atoms with Crippen molar-refractivity contribution in [2.24, 2.45) is 16.7 Å². The third kappa shape index (κ3) is 3.79. The first-order valence-corrected chi connectivity index (χ1v) is 9.56. The van der Waals surface area contributed by atoms with Gasteiger partial charge in [0.1, 0.15) is 0 Å². The zero-order chi connectivity index (χ0) is 19.5. The predicted molar refractivity (Wildman–Crippen MR) is 102 cm³/mol. The first-order chi connectivity index (χ1) is 12.1. The molecular weight excluding hydrogens is 328 g/mol. The Labute approximate surface area is 156 Å². The van der Waals surface area contributed by atoms with E-state index >= 15 is 0 Å². The van der Waals surface area contributed by atoms with E-state index in [4.69, 9.17) is 4.74 Å². The van der Waals surface area contributed by atoms with Crippen molar-refractivity contribution in [2.75, 3.05) is 7.11 Å². The quantitative estimate of drug-likeness (QED) is 0.739. The van der Waals surface area contributed by atoms with Crippen molar-refractivity contribution in [1.29, 1.82) is 0 Å². The Hall–Kier alpha value is -1.84. The number of aryl methyl sites for hydroxylation is 1. The third-order valence-electron chi connectivity index (χ3n) is 6.41. The number of hydrogen-bond donors (Lipinski definition) is 1. The molecular formula is C22H32O4. The fraction of sp³-hybridized carbons (Fsp3) is 0.636. The van der Waals surface area contributed by atoms with Gasteiger partial charge in [-0.15, -0.1) is 0 Å².